The van der Waals surface area contributed by atoms with Crippen LogP contribution in [-0.2, 0) is 16.1 Å². The smallest absolute Gasteiger partial charge is 0.331 e. The van der Waals surface area contributed by atoms with Crippen LogP contribution in [0.4, 0.5) is 0 Å². The molecule has 2 aromatic heterocycles. The summed E-state index contributed by atoms with van der Waals surface area (Å²) in [7, 11) is 0. The van der Waals surface area contributed by atoms with Crippen LogP contribution in [0.3, 0.4) is 0 Å². The number of hydrogen-bond acceptors (Lipinski definition) is 6. The Morgan fingerprint density at radius 2 is 1.88 bits per heavy atom. The number of nitrogens with zero attached hydrogens (tertiary/aromatic N) is 4. The Labute approximate surface area is 206 Å². The van der Waals surface area contributed by atoms with Gasteiger partial charge in [-0.2, -0.15) is 0 Å². The lowest BCUT2D eigenvalue weighted by Crippen LogP contribution is -2.06. The molecule has 1 aliphatic heterocycles. The highest BCUT2D eigenvalue weighted by molar-refractivity contribution is 7.15. The fourth-order valence-electron chi connectivity index (χ4n) is 3.83. The number of aliphatic imine (C=N–C) groups is 1. The summed E-state index contributed by atoms with van der Waals surface area (Å²) in [4.78, 5) is 18.2. The highest BCUT2D eigenvalue weighted by atomic mass is 35.5. The Bertz CT molecular complexity index is 1420. The standard InChI is InChI=1S/C26H21ClN4O2S/c1-16(33-24(32)13-12-18-8-4-3-5-9-18)22-14-20-25(19-10-6-7-11-21(19)27)28-15-23-30-29-17(2)31(23)26(20)34-22/h3-14,16H,15H2,1-2H3. The van der Waals surface area contributed by atoms with Crippen LogP contribution in [0, 0.1) is 6.92 Å². The van der Waals surface area contributed by atoms with Crippen molar-refractivity contribution in [2.75, 3.05) is 0 Å². The fraction of sp³-hybridized carbons (Fsp3) is 0.154. The van der Waals surface area contributed by atoms with E-state index in [0.717, 1.165) is 43.9 Å². The maximum Gasteiger partial charge on any atom is 0.331 e. The first-order chi connectivity index (χ1) is 16.5. The third-order valence-electron chi connectivity index (χ3n) is 5.49. The van der Waals surface area contributed by atoms with Crippen LogP contribution in [0.5, 0.6) is 0 Å². The monoisotopic (exact) mass is 488 g/mol. The lowest BCUT2D eigenvalue weighted by Gasteiger charge is -2.10. The first kappa shape index (κ1) is 22.3. The van der Waals surface area contributed by atoms with E-state index in [1.807, 2.05) is 79.1 Å². The highest BCUT2D eigenvalue weighted by Gasteiger charge is 2.27. The molecule has 3 heterocycles. The molecule has 8 heteroatoms. The van der Waals surface area contributed by atoms with Crippen LogP contribution in [0.1, 0.15) is 46.2 Å². The van der Waals surface area contributed by atoms with Crippen molar-refractivity contribution in [3.63, 3.8) is 0 Å². The molecule has 4 aromatic rings. The molecule has 2 aromatic carbocycles. The normalized spacial score (nSPS) is 13.7. The van der Waals surface area contributed by atoms with Gasteiger partial charge in [0.1, 0.15) is 23.5 Å². The molecule has 1 atom stereocenters. The van der Waals surface area contributed by atoms with Gasteiger partial charge in [-0.1, -0.05) is 60.1 Å². The van der Waals surface area contributed by atoms with E-state index in [4.69, 9.17) is 21.3 Å². The van der Waals surface area contributed by atoms with E-state index in [0.29, 0.717) is 11.6 Å². The Kier molecular flexibility index (Phi) is 6.13. The van der Waals surface area contributed by atoms with Gasteiger partial charge in [0.15, 0.2) is 5.82 Å². The summed E-state index contributed by atoms with van der Waals surface area (Å²) >= 11 is 8.06. The minimum Gasteiger partial charge on any atom is -0.454 e. The molecule has 5 rings (SSSR count). The van der Waals surface area contributed by atoms with Gasteiger partial charge in [-0.15, -0.1) is 21.5 Å². The number of aromatic nitrogens is 3. The number of aryl methyl sites for hydroxylation is 1. The van der Waals surface area contributed by atoms with Crippen LogP contribution in [0.2, 0.25) is 5.02 Å². The molecule has 0 spiro atoms. The largest absolute Gasteiger partial charge is 0.454 e. The quantitative estimate of drug-likeness (QED) is 0.257. The summed E-state index contributed by atoms with van der Waals surface area (Å²) in [5, 5.41) is 10.1. The minimum atomic E-state index is -0.447. The zero-order valence-corrected chi connectivity index (χ0v) is 20.2. The van der Waals surface area contributed by atoms with E-state index in [-0.39, 0.29) is 0 Å². The predicted molar refractivity (Wildman–Crippen MR) is 135 cm³/mol. The molecular weight excluding hydrogens is 468 g/mol. The fourth-order valence-corrected chi connectivity index (χ4v) is 5.26. The van der Waals surface area contributed by atoms with Crippen LogP contribution in [0.25, 0.3) is 11.1 Å². The summed E-state index contributed by atoms with van der Waals surface area (Å²) < 4.78 is 7.72. The molecule has 6 nitrogen and oxygen atoms in total. The van der Waals surface area contributed by atoms with E-state index in [1.165, 1.54) is 17.4 Å². The van der Waals surface area contributed by atoms with Crippen molar-refractivity contribution in [3.05, 3.63) is 105 Å². The van der Waals surface area contributed by atoms with E-state index in [2.05, 4.69) is 10.2 Å². The molecule has 0 N–H and O–H groups in total. The van der Waals surface area contributed by atoms with Crippen LogP contribution in [-0.4, -0.2) is 26.4 Å². The van der Waals surface area contributed by atoms with Crippen molar-refractivity contribution in [1.29, 1.82) is 0 Å². The van der Waals surface area contributed by atoms with Crippen LogP contribution < -0.4 is 0 Å². The van der Waals surface area contributed by atoms with E-state index >= 15 is 0 Å². The summed E-state index contributed by atoms with van der Waals surface area (Å²) in [6.07, 6.45) is 2.74. The number of benzene rings is 2. The van der Waals surface area contributed by atoms with Crippen molar-refractivity contribution < 1.29 is 9.53 Å². The van der Waals surface area contributed by atoms with Crippen molar-refractivity contribution in [1.82, 2.24) is 14.8 Å². The molecule has 1 aliphatic rings. The maximum absolute atomic E-state index is 12.5. The summed E-state index contributed by atoms with van der Waals surface area (Å²) in [6.45, 7) is 4.18. The second-order valence-corrected chi connectivity index (χ2v) is 9.30. The predicted octanol–water partition coefficient (Wildman–Crippen LogP) is 5.96. The molecule has 1 unspecified atom stereocenters. The second-order valence-electron chi connectivity index (χ2n) is 7.83. The molecule has 0 saturated heterocycles. The lowest BCUT2D eigenvalue weighted by molar-refractivity contribution is -0.142. The third-order valence-corrected chi connectivity index (χ3v) is 7.11. The van der Waals surface area contributed by atoms with Crippen molar-refractivity contribution in [2.24, 2.45) is 4.99 Å². The van der Waals surface area contributed by atoms with E-state index in [9.17, 15) is 4.79 Å². The molecule has 0 fully saturated rings. The first-order valence-electron chi connectivity index (χ1n) is 10.8. The summed E-state index contributed by atoms with van der Waals surface area (Å²) in [6, 6.07) is 19.3. The number of rotatable bonds is 5. The number of halogens is 1. The zero-order valence-electron chi connectivity index (χ0n) is 18.6. The highest BCUT2D eigenvalue weighted by Crippen LogP contribution is 2.37. The number of fused-ring (bicyclic) bond motifs is 3. The van der Waals surface area contributed by atoms with Crippen LogP contribution >= 0.6 is 22.9 Å². The average molecular weight is 489 g/mol. The molecule has 0 aliphatic carbocycles. The Morgan fingerprint density at radius 1 is 1.12 bits per heavy atom. The number of carbonyl (C=O) groups excluding carboxylic acids is 1. The van der Waals surface area contributed by atoms with Gasteiger partial charge in [0.05, 0.1) is 5.71 Å². The maximum atomic E-state index is 12.5. The number of thiophene rings is 1. The molecule has 0 amide bonds. The molecule has 34 heavy (non-hydrogen) atoms. The van der Waals surface area contributed by atoms with Crippen molar-refractivity contribution >= 4 is 40.7 Å². The number of carbonyl (C=O) groups is 1. The SMILES string of the molecule is Cc1nnc2n1-c1sc(C(C)OC(=O)C=Cc3ccccc3)cc1C(c1ccccc1Cl)=NC2. The molecule has 0 bridgehead atoms. The van der Waals surface area contributed by atoms with Crippen LogP contribution in [0.15, 0.2) is 71.7 Å². The minimum absolute atomic E-state index is 0.396. The summed E-state index contributed by atoms with van der Waals surface area (Å²) in [5.41, 5.74) is 3.49. The first-order valence-corrected chi connectivity index (χ1v) is 12.0. The number of ether oxygens (including phenoxy) is 1. The van der Waals surface area contributed by atoms with Crippen molar-refractivity contribution in [3.8, 4) is 5.00 Å². The van der Waals surface area contributed by atoms with Crippen molar-refractivity contribution in [2.45, 2.75) is 26.5 Å². The Morgan fingerprint density at radius 3 is 2.68 bits per heavy atom. The zero-order chi connectivity index (χ0) is 23.7. The van der Waals surface area contributed by atoms with Gasteiger partial charge in [-0.25, -0.2) is 4.79 Å². The molecule has 0 radical (unpaired) electrons. The molecule has 170 valence electrons. The second kappa shape index (κ2) is 9.37. The van der Waals surface area contributed by atoms with Gasteiger partial charge in [0.2, 0.25) is 0 Å². The van der Waals surface area contributed by atoms with Gasteiger partial charge in [0.25, 0.3) is 0 Å². The van der Waals surface area contributed by atoms with Gasteiger partial charge in [-0.05, 0) is 37.6 Å². The van der Waals surface area contributed by atoms with E-state index in [1.54, 1.807) is 6.08 Å². The Balaban J connectivity index is 1.49. The summed E-state index contributed by atoms with van der Waals surface area (Å²) in [5.74, 6) is 1.13. The van der Waals surface area contributed by atoms with Gasteiger partial charge < -0.3 is 4.74 Å². The lowest BCUT2D eigenvalue weighted by atomic mass is 10.0. The van der Waals surface area contributed by atoms with Gasteiger partial charge in [0, 0.05) is 27.1 Å². The molecule has 0 saturated carbocycles. The number of esters is 1. The average Bonchev–Trinajstić information content (AvgIpc) is 3.39. The third kappa shape index (κ3) is 4.32. The van der Waals surface area contributed by atoms with Gasteiger partial charge in [-0.3, -0.25) is 9.56 Å². The van der Waals surface area contributed by atoms with E-state index < -0.39 is 12.1 Å². The Hall–Kier alpha value is -3.55. The topological polar surface area (TPSA) is 69.4 Å². The van der Waals surface area contributed by atoms with Gasteiger partial charge >= 0.3 is 5.97 Å². The number of hydrogen-bond donors (Lipinski definition) is 0. The molecular formula is C26H21ClN4O2S.